The molecule has 1 aromatic rings. The van der Waals surface area contributed by atoms with Gasteiger partial charge in [-0.3, -0.25) is 9.59 Å². The molecule has 0 saturated carbocycles. The van der Waals surface area contributed by atoms with Crippen molar-refractivity contribution in [3.8, 4) is 0 Å². The Labute approximate surface area is 160 Å². The summed E-state index contributed by atoms with van der Waals surface area (Å²) in [4.78, 5) is 27.7. The highest BCUT2D eigenvalue weighted by Crippen LogP contribution is 2.30. The molecule has 26 heavy (non-hydrogen) atoms. The van der Waals surface area contributed by atoms with Crippen LogP contribution in [0.25, 0.3) is 0 Å². The predicted molar refractivity (Wildman–Crippen MR) is 107 cm³/mol. The van der Waals surface area contributed by atoms with Crippen molar-refractivity contribution in [2.45, 2.75) is 32.6 Å². The predicted octanol–water partition coefficient (Wildman–Crippen LogP) is 2.73. The van der Waals surface area contributed by atoms with Crippen molar-refractivity contribution < 1.29 is 9.59 Å². The molecule has 2 amide bonds. The molecule has 0 spiro atoms. The molecule has 1 aliphatic rings. The van der Waals surface area contributed by atoms with E-state index in [0.717, 1.165) is 56.8 Å². The summed E-state index contributed by atoms with van der Waals surface area (Å²) in [5.41, 5.74) is 1.81. The van der Waals surface area contributed by atoms with Crippen molar-refractivity contribution in [2.75, 3.05) is 50.0 Å². The van der Waals surface area contributed by atoms with E-state index in [2.05, 4.69) is 27.5 Å². The standard InChI is InChI=1S/C19H29ClN4O2/c1-15(25)21-9-5-3-4-6-19(26)22-17-14-16(20)7-8-18(17)24-12-10-23(2)11-13-24/h7-8,14H,3-6,9-13H2,1-2H3,(H,21,25)(H,22,26). The molecular weight excluding hydrogens is 352 g/mol. The van der Waals surface area contributed by atoms with Gasteiger partial charge in [0.15, 0.2) is 0 Å². The number of carbonyl (C=O) groups is 2. The lowest BCUT2D eigenvalue weighted by atomic mass is 10.1. The van der Waals surface area contributed by atoms with Gasteiger partial charge in [-0.25, -0.2) is 0 Å². The van der Waals surface area contributed by atoms with E-state index in [0.29, 0.717) is 18.0 Å². The van der Waals surface area contributed by atoms with Crippen LogP contribution in [0.4, 0.5) is 11.4 Å². The molecule has 1 heterocycles. The van der Waals surface area contributed by atoms with Gasteiger partial charge in [0, 0.05) is 51.1 Å². The highest BCUT2D eigenvalue weighted by Gasteiger charge is 2.18. The third kappa shape index (κ3) is 6.84. The molecule has 2 rings (SSSR count). The van der Waals surface area contributed by atoms with Gasteiger partial charge in [-0.05, 0) is 38.1 Å². The fourth-order valence-electron chi connectivity index (χ4n) is 3.00. The fraction of sp³-hybridized carbons (Fsp3) is 0.579. The first-order chi connectivity index (χ1) is 12.5. The molecule has 7 heteroatoms. The molecule has 144 valence electrons. The maximum absolute atomic E-state index is 12.3. The minimum Gasteiger partial charge on any atom is -0.367 e. The van der Waals surface area contributed by atoms with Gasteiger partial charge in [0.25, 0.3) is 0 Å². The fourth-order valence-corrected chi connectivity index (χ4v) is 3.17. The molecule has 0 bridgehead atoms. The highest BCUT2D eigenvalue weighted by atomic mass is 35.5. The quantitative estimate of drug-likeness (QED) is 0.680. The van der Waals surface area contributed by atoms with Gasteiger partial charge in [-0.2, -0.15) is 0 Å². The highest BCUT2D eigenvalue weighted by molar-refractivity contribution is 6.31. The lowest BCUT2D eigenvalue weighted by molar-refractivity contribution is -0.119. The molecule has 0 radical (unpaired) electrons. The van der Waals surface area contributed by atoms with Gasteiger partial charge in [-0.15, -0.1) is 0 Å². The zero-order chi connectivity index (χ0) is 18.9. The Morgan fingerprint density at radius 1 is 1.12 bits per heavy atom. The van der Waals surface area contributed by atoms with Gasteiger partial charge in [0.05, 0.1) is 11.4 Å². The first-order valence-corrected chi connectivity index (χ1v) is 9.61. The largest absolute Gasteiger partial charge is 0.367 e. The third-order valence-corrected chi connectivity index (χ3v) is 4.77. The number of nitrogens with one attached hydrogen (secondary N) is 2. The summed E-state index contributed by atoms with van der Waals surface area (Å²) in [5, 5.41) is 6.40. The van der Waals surface area contributed by atoms with Gasteiger partial charge < -0.3 is 20.4 Å². The topological polar surface area (TPSA) is 64.7 Å². The minimum absolute atomic E-state index is 0.00201. The number of unbranched alkanes of at least 4 members (excludes halogenated alkanes) is 2. The molecule has 0 unspecified atom stereocenters. The van der Waals surface area contributed by atoms with Crippen molar-refractivity contribution in [3.05, 3.63) is 23.2 Å². The summed E-state index contributed by atoms with van der Waals surface area (Å²) < 4.78 is 0. The maximum atomic E-state index is 12.3. The average molecular weight is 381 g/mol. The second-order valence-corrected chi connectivity index (χ2v) is 7.23. The van der Waals surface area contributed by atoms with Crippen LogP contribution in [0.1, 0.15) is 32.6 Å². The van der Waals surface area contributed by atoms with Crippen LogP contribution in [-0.4, -0.2) is 56.5 Å². The van der Waals surface area contributed by atoms with Crippen LogP contribution < -0.4 is 15.5 Å². The van der Waals surface area contributed by atoms with Gasteiger partial charge in [0.2, 0.25) is 11.8 Å². The number of hydrogen-bond donors (Lipinski definition) is 2. The summed E-state index contributed by atoms with van der Waals surface area (Å²) in [6.07, 6.45) is 3.07. The Bertz CT molecular complexity index is 616. The molecule has 1 fully saturated rings. The number of carbonyl (C=O) groups excluding carboxylic acids is 2. The number of hydrogen-bond acceptors (Lipinski definition) is 4. The van der Waals surface area contributed by atoms with Crippen LogP contribution in [0, 0.1) is 0 Å². The van der Waals surface area contributed by atoms with E-state index in [1.54, 1.807) is 0 Å². The zero-order valence-corrected chi connectivity index (χ0v) is 16.4. The van der Waals surface area contributed by atoms with E-state index >= 15 is 0 Å². The Balaban J connectivity index is 1.84. The summed E-state index contributed by atoms with van der Waals surface area (Å²) in [6.45, 7) is 6.05. The van der Waals surface area contributed by atoms with Crippen LogP contribution in [-0.2, 0) is 9.59 Å². The Hall–Kier alpha value is -1.79. The monoisotopic (exact) mass is 380 g/mol. The van der Waals surface area contributed by atoms with Crippen LogP contribution in [0.3, 0.4) is 0 Å². The molecule has 6 nitrogen and oxygen atoms in total. The number of piperazine rings is 1. The third-order valence-electron chi connectivity index (χ3n) is 4.53. The molecule has 0 aromatic heterocycles. The Kier molecular flexibility index (Phi) is 8.19. The first-order valence-electron chi connectivity index (χ1n) is 9.23. The van der Waals surface area contributed by atoms with Crippen molar-refractivity contribution in [1.82, 2.24) is 10.2 Å². The van der Waals surface area contributed by atoms with E-state index in [1.165, 1.54) is 6.92 Å². The van der Waals surface area contributed by atoms with E-state index in [1.807, 2.05) is 18.2 Å². The van der Waals surface area contributed by atoms with Crippen molar-refractivity contribution in [2.24, 2.45) is 0 Å². The average Bonchev–Trinajstić information content (AvgIpc) is 2.59. The van der Waals surface area contributed by atoms with Crippen molar-refractivity contribution in [1.29, 1.82) is 0 Å². The van der Waals surface area contributed by atoms with Crippen molar-refractivity contribution >= 4 is 34.8 Å². The number of likely N-dealkylation sites (N-methyl/N-ethyl adjacent to an activating group) is 1. The van der Waals surface area contributed by atoms with Crippen molar-refractivity contribution in [3.63, 3.8) is 0 Å². The summed E-state index contributed by atoms with van der Waals surface area (Å²) in [6, 6.07) is 5.67. The van der Waals surface area contributed by atoms with Crippen LogP contribution in [0.15, 0.2) is 18.2 Å². The SMILES string of the molecule is CC(=O)NCCCCCC(=O)Nc1cc(Cl)ccc1N1CCN(C)CC1. The number of anilines is 2. The number of amides is 2. The molecule has 2 N–H and O–H groups in total. The number of rotatable bonds is 8. The number of nitrogens with zero attached hydrogens (tertiary/aromatic N) is 2. The summed E-state index contributed by atoms with van der Waals surface area (Å²) in [5.74, 6) is -0.0118. The maximum Gasteiger partial charge on any atom is 0.224 e. The zero-order valence-electron chi connectivity index (χ0n) is 15.7. The normalized spacial score (nSPS) is 15.0. The number of benzene rings is 1. The van der Waals surface area contributed by atoms with Gasteiger partial charge in [0.1, 0.15) is 0 Å². The number of halogens is 1. The lowest BCUT2D eigenvalue weighted by Gasteiger charge is -2.35. The van der Waals surface area contributed by atoms with E-state index < -0.39 is 0 Å². The lowest BCUT2D eigenvalue weighted by Crippen LogP contribution is -2.44. The van der Waals surface area contributed by atoms with Crippen LogP contribution >= 0.6 is 11.6 Å². The van der Waals surface area contributed by atoms with E-state index in [4.69, 9.17) is 11.6 Å². The van der Waals surface area contributed by atoms with Gasteiger partial charge >= 0.3 is 0 Å². The molecule has 0 aliphatic carbocycles. The second-order valence-electron chi connectivity index (χ2n) is 6.79. The van der Waals surface area contributed by atoms with Crippen LogP contribution in [0.5, 0.6) is 0 Å². The van der Waals surface area contributed by atoms with Gasteiger partial charge in [-0.1, -0.05) is 18.0 Å². The van der Waals surface area contributed by atoms with Crippen LogP contribution in [0.2, 0.25) is 5.02 Å². The van der Waals surface area contributed by atoms with E-state index in [-0.39, 0.29) is 11.8 Å². The Morgan fingerprint density at radius 3 is 2.54 bits per heavy atom. The molecular formula is C19H29ClN4O2. The summed E-state index contributed by atoms with van der Waals surface area (Å²) >= 11 is 6.14. The Morgan fingerprint density at radius 2 is 1.85 bits per heavy atom. The molecule has 1 aliphatic heterocycles. The smallest absolute Gasteiger partial charge is 0.224 e. The second kappa shape index (κ2) is 10.4. The summed E-state index contributed by atoms with van der Waals surface area (Å²) in [7, 11) is 2.12. The molecule has 1 saturated heterocycles. The first kappa shape index (κ1) is 20.5. The molecule has 1 aromatic carbocycles. The van der Waals surface area contributed by atoms with E-state index in [9.17, 15) is 9.59 Å². The minimum atomic E-state index is -0.0138. The molecule has 0 atom stereocenters.